The molecule has 1 atom stereocenters. The summed E-state index contributed by atoms with van der Waals surface area (Å²) in [5, 5.41) is 18.1. The Hall–Kier alpha value is -1.16. The number of sulfonamides is 1. The van der Waals surface area contributed by atoms with E-state index < -0.39 is 54.2 Å². The average molecular weight is 341 g/mol. The Morgan fingerprint density at radius 1 is 1.18 bits per heavy atom. The van der Waals surface area contributed by atoms with Crippen molar-refractivity contribution in [2.75, 3.05) is 19.7 Å². The summed E-state index contributed by atoms with van der Waals surface area (Å²) in [4.78, 5) is 0. The zero-order valence-corrected chi connectivity index (χ0v) is 12.5. The molecule has 0 aliphatic rings. The minimum absolute atomic E-state index is 0.429. The van der Waals surface area contributed by atoms with Gasteiger partial charge in [0, 0.05) is 13.1 Å². The van der Waals surface area contributed by atoms with E-state index in [9.17, 15) is 26.7 Å². The van der Waals surface area contributed by atoms with Gasteiger partial charge in [0.2, 0.25) is 10.0 Å². The van der Waals surface area contributed by atoms with Crippen LogP contribution < -0.4 is 0 Å². The Bertz CT molecular complexity index is 548. The number of nitrogens with zero attached hydrogens (tertiary/aromatic N) is 1. The van der Waals surface area contributed by atoms with E-state index in [4.69, 9.17) is 5.11 Å². The number of aliphatic hydroxyl groups is 2. The zero-order chi connectivity index (χ0) is 16.8. The lowest BCUT2D eigenvalue weighted by Gasteiger charge is -2.24. The second-order valence-corrected chi connectivity index (χ2v) is 6.77. The second kappa shape index (κ2) is 7.91. The SMILES string of the molecule is O=S(=O)(Cc1ccccc1)N(CCC(F)(F)F)C[C@H](O)CO. The van der Waals surface area contributed by atoms with Crippen molar-refractivity contribution < 1.29 is 31.8 Å². The van der Waals surface area contributed by atoms with Crippen molar-refractivity contribution in [1.29, 1.82) is 0 Å². The number of benzene rings is 1. The van der Waals surface area contributed by atoms with E-state index in [1.54, 1.807) is 30.3 Å². The van der Waals surface area contributed by atoms with Gasteiger partial charge in [0.15, 0.2) is 0 Å². The van der Waals surface area contributed by atoms with Gasteiger partial charge in [-0.3, -0.25) is 0 Å². The van der Waals surface area contributed by atoms with E-state index in [1.165, 1.54) is 0 Å². The van der Waals surface area contributed by atoms with Crippen LogP contribution in [0, 0.1) is 0 Å². The lowest BCUT2D eigenvalue weighted by atomic mass is 10.2. The predicted molar refractivity (Wildman–Crippen MR) is 74.4 cm³/mol. The van der Waals surface area contributed by atoms with Crippen LogP contribution in [0.4, 0.5) is 13.2 Å². The molecule has 0 saturated carbocycles. The molecule has 1 aromatic carbocycles. The molecule has 0 bridgehead atoms. The van der Waals surface area contributed by atoms with E-state index in [0.717, 1.165) is 0 Å². The summed E-state index contributed by atoms with van der Waals surface area (Å²) in [5.41, 5.74) is 0.429. The van der Waals surface area contributed by atoms with Gasteiger partial charge in [-0.2, -0.15) is 17.5 Å². The van der Waals surface area contributed by atoms with Gasteiger partial charge in [-0.25, -0.2) is 8.42 Å². The first-order chi connectivity index (χ1) is 10.1. The smallest absolute Gasteiger partial charge is 0.390 e. The highest BCUT2D eigenvalue weighted by molar-refractivity contribution is 7.88. The van der Waals surface area contributed by atoms with Crippen LogP contribution in [0.3, 0.4) is 0 Å². The monoisotopic (exact) mass is 341 g/mol. The Kier molecular flexibility index (Phi) is 6.79. The van der Waals surface area contributed by atoms with Crippen LogP contribution in [-0.2, 0) is 15.8 Å². The van der Waals surface area contributed by atoms with Crippen molar-refractivity contribution in [2.24, 2.45) is 0 Å². The molecule has 0 unspecified atom stereocenters. The third kappa shape index (κ3) is 6.73. The largest absolute Gasteiger partial charge is 0.394 e. The molecule has 126 valence electrons. The van der Waals surface area contributed by atoms with Crippen LogP contribution in [0.15, 0.2) is 30.3 Å². The third-order valence-electron chi connectivity index (χ3n) is 2.86. The highest BCUT2D eigenvalue weighted by Crippen LogP contribution is 2.21. The lowest BCUT2D eigenvalue weighted by molar-refractivity contribution is -0.136. The molecule has 0 spiro atoms. The molecular formula is C13H18F3NO4S. The first-order valence-corrected chi connectivity index (χ1v) is 8.12. The summed E-state index contributed by atoms with van der Waals surface area (Å²) in [5.74, 6) is -0.468. The van der Waals surface area contributed by atoms with Crippen LogP contribution in [0.1, 0.15) is 12.0 Å². The standard InChI is InChI=1S/C13H18F3NO4S/c14-13(15,16)6-7-17(8-12(19)9-18)22(20,21)10-11-4-2-1-3-5-11/h1-5,12,18-19H,6-10H2/t12-/m0/s1. The lowest BCUT2D eigenvalue weighted by Crippen LogP contribution is -2.41. The summed E-state index contributed by atoms with van der Waals surface area (Å²) in [6.07, 6.45) is -7.26. The summed E-state index contributed by atoms with van der Waals surface area (Å²) in [7, 11) is -4.04. The number of alkyl halides is 3. The van der Waals surface area contributed by atoms with Crippen molar-refractivity contribution >= 4 is 10.0 Å². The highest BCUT2D eigenvalue weighted by atomic mass is 32.2. The number of hydrogen-bond acceptors (Lipinski definition) is 4. The number of aliphatic hydroxyl groups excluding tert-OH is 2. The molecule has 0 aliphatic carbocycles. The Labute approximate surface area is 127 Å². The molecule has 0 saturated heterocycles. The first kappa shape index (κ1) is 18.9. The van der Waals surface area contributed by atoms with Gasteiger partial charge in [-0.15, -0.1) is 0 Å². The second-order valence-electron chi connectivity index (χ2n) is 4.80. The Balaban J connectivity index is 2.87. The van der Waals surface area contributed by atoms with Crippen molar-refractivity contribution in [1.82, 2.24) is 4.31 Å². The molecule has 0 aromatic heterocycles. The summed E-state index contributed by atoms with van der Waals surface area (Å²) in [6, 6.07) is 8.01. The fourth-order valence-corrected chi connectivity index (χ4v) is 3.33. The van der Waals surface area contributed by atoms with E-state index in [1.807, 2.05) is 0 Å². The number of rotatable bonds is 8. The molecular weight excluding hydrogens is 323 g/mol. The fourth-order valence-electron chi connectivity index (χ4n) is 1.76. The average Bonchev–Trinajstić information content (AvgIpc) is 2.42. The Morgan fingerprint density at radius 3 is 2.27 bits per heavy atom. The van der Waals surface area contributed by atoms with Gasteiger partial charge >= 0.3 is 6.18 Å². The molecule has 5 nitrogen and oxygen atoms in total. The highest BCUT2D eigenvalue weighted by Gasteiger charge is 2.32. The number of halogens is 3. The molecule has 0 fully saturated rings. The van der Waals surface area contributed by atoms with Gasteiger partial charge in [0.05, 0.1) is 24.9 Å². The fraction of sp³-hybridized carbons (Fsp3) is 0.538. The normalized spacial score (nSPS) is 14.3. The first-order valence-electron chi connectivity index (χ1n) is 6.51. The molecule has 0 radical (unpaired) electrons. The molecule has 1 aromatic rings. The van der Waals surface area contributed by atoms with Crippen LogP contribution >= 0.6 is 0 Å². The third-order valence-corrected chi connectivity index (χ3v) is 4.67. The van der Waals surface area contributed by atoms with Crippen LogP contribution in [0.25, 0.3) is 0 Å². The van der Waals surface area contributed by atoms with Crippen molar-refractivity contribution in [3.8, 4) is 0 Å². The van der Waals surface area contributed by atoms with Crippen molar-refractivity contribution in [3.63, 3.8) is 0 Å². The van der Waals surface area contributed by atoms with Crippen LogP contribution in [0.5, 0.6) is 0 Å². The maximum Gasteiger partial charge on any atom is 0.390 e. The van der Waals surface area contributed by atoms with E-state index in [-0.39, 0.29) is 0 Å². The molecule has 0 amide bonds. The van der Waals surface area contributed by atoms with E-state index in [2.05, 4.69) is 0 Å². The summed E-state index contributed by atoms with van der Waals surface area (Å²) >= 11 is 0. The van der Waals surface area contributed by atoms with Crippen LogP contribution in [0.2, 0.25) is 0 Å². The van der Waals surface area contributed by atoms with E-state index >= 15 is 0 Å². The molecule has 0 aliphatic heterocycles. The number of hydrogen-bond donors (Lipinski definition) is 2. The van der Waals surface area contributed by atoms with E-state index in [0.29, 0.717) is 9.87 Å². The van der Waals surface area contributed by atoms with Gasteiger partial charge in [0.1, 0.15) is 0 Å². The summed E-state index contributed by atoms with van der Waals surface area (Å²) in [6.45, 7) is -2.11. The van der Waals surface area contributed by atoms with Gasteiger partial charge in [-0.1, -0.05) is 30.3 Å². The van der Waals surface area contributed by atoms with Gasteiger partial charge in [0.25, 0.3) is 0 Å². The summed E-state index contributed by atoms with van der Waals surface area (Å²) < 4.78 is 62.0. The maximum absolute atomic E-state index is 12.3. The zero-order valence-electron chi connectivity index (χ0n) is 11.7. The van der Waals surface area contributed by atoms with Gasteiger partial charge < -0.3 is 10.2 Å². The minimum Gasteiger partial charge on any atom is -0.394 e. The predicted octanol–water partition coefficient (Wildman–Crippen LogP) is 1.12. The molecule has 22 heavy (non-hydrogen) atoms. The minimum atomic E-state index is -4.51. The Morgan fingerprint density at radius 2 is 1.77 bits per heavy atom. The van der Waals surface area contributed by atoms with Crippen molar-refractivity contribution in [2.45, 2.75) is 24.5 Å². The maximum atomic E-state index is 12.3. The van der Waals surface area contributed by atoms with Gasteiger partial charge in [-0.05, 0) is 5.56 Å². The topological polar surface area (TPSA) is 77.8 Å². The van der Waals surface area contributed by atoms with Crippen LogP contribution in [-0.4, -0.2) is 54.9 Å². The molecule has 9 heteroatoms. The molecule has 2 N–H and O–H groups in total. The molecule has 0 heterocycles. The molecule has 1 rings (SSSR count). The quantitative estimate of drug-likeness (QED) is 0.743. The van der Waals surface area contributed by atoms with Crippen molar-refractivity contribution in [3.05, 3.63) is 35.9 Å².